The van der Waals surface area contributed by atoms with E-state index < -0.39 is 0 Å². The molecule has 4 heteroatoms. The van der Waals surface area contributed by atoms with Gasteiger partial charge in [-0.1, -0.05) is 18.2 Å². The number of amides is 1. The van der Waals surface area contributed by atoms with Crippen LogP contribution in [0.4, 0.5) is 11.5 Å². The molecular formula is C17H19N3O. The highest BCUT2D eigenvalue weighted by Crippen LogP contribution is 2.22. The molecule has 21 heavy (non-hydrogen) atoms. The molecule has 1 aliphatic rings. The van der Waals surface area contributed by atoms with Crippen molar-refractivity contribution in [1.29, 1.82) is 0 Å². The molecule has 1 saturated heterocycles. The largest absolute Gasteiger partial charge is 0.366 e. The molecule has 0 unspecified atom stereocenters. The van der Waals surface area contributed by atoms with Gasteiger partial charge in [-0.25, -0.2) is 4.98 Å². The third kappa shape index (κ3) is 3.21. The summed E-state index contributed by atoms with van der Waals surface area (Å²) in [6, 6.07) is 14.1. The van der Waals surface area contributed by atoms with Crippen LogP contribution in [0.2, 0.25) is 0 Å². The first kappa shape index (κ1) is 13.6. The number of nitrogens with one attached hydrogen (secondary N) is 1. The van der Waals surface area contributed by atoms with Gasteiger partial charge in [-0.05, 0) is 43.2 Å². The van der Waals surface area contributed by atoms with E-state index >= 15 is 0 Å². The molecule has 4 nitrogen and oxygen atoms in total. The zero-order chi connectivity index (χ0) is 14.7. The number of hydrogen-bond donors (Lipinski definition) is 1. The second-order valence-corrected chi connectivity index (χ2v) is 5.34. The Bertz CT molecular complexity index is 654. The summed E-state index contributed by atoms with van der Waals surface area (Å²) in [4.78, 5) is 18.1. The van der Waals surface area contributed by atoms with Crippen molar-refractivity contribution in [2.24, 2.45) is 0 Å². The van der Waals surface area contributed by atoms with Crippen molar-refractivity contribution in [2.45, 2.75) is 26.3 Å². The van der Waals surface area contributed by atoms with Gasteiger partial charge in [0.05, 0.1) is 0 Å². The minimum atomic E-state index is 0.223. The third-order valence-corrected chi connectivity index (χ3v) is 3.66. The van der Waals surface area contributed by atoms with E-state index in [9.17, 15) is 4.79 Å². The van der Waals surface area contributed by atoms with Crippen LogP contribution in [0, 0.1) is 6.92 Å². The maximum absolute atomic E-state index is 11.8. The van der Waals surface area contributed by atoms with Gasteiger partial charge in [-0.3, -0.25) is 4.79 Å². The lowest BCUT2D eigenvalue weighted by Crippen LogP contribution is -2.23. The molecule has 1 aliphatic heterocycles. The van der Waals surface area contributed by atoms with Crippen molar-refractivity contribution >= 4 is 17.4 Å². The third-order valence-electron chi connectivity index (χ3n) is 3.66. The summed E-state index contributed by atoms with van der Waals surface area (Å²) in [5, 5.41) is 3.32. The zero-order valence-corrected chi connectivity index (χ0v) is 12.2. The fourth-order valence-electron chi connectivity index (χ4n) is 2.59. The highest BCUT2D eigenvalue weighted by molar-refractivity contribution is 5.95. The molecule has 1 aromatic carbocycles. The second kappa shape index (κ2) is 5.95. The van der Waals surface area contributed by atoms with Crippen LogP contribution in [0.3, 0.4) is 0 Å². The molecule has 1 amide bonds. The van der Waals surface area contributed by atoms with Gasteiger partial charge in [-0.15, -0.1) is 0 Å². The van der Waals surface area contributed by atoms with Gasteiger partial charge in [0, 0.05) is 30.9 Å². The lowest BCUT2D eigenvalue weighted by atomic mass is 10.2. The van der Waals surface area contributed by atoms with Crippen molar-refractivity contribution < 1.29 is 4.79 Å². The topological polar surface area (TPSA) is 45.2 Å². The molecule has 1 aromatic heterocycles. The summed E-state index contributed by atoms with van der Waals surface area (Å²) in [5.74, 6) is 1.10. The summed E-state index contributed by atoms with van der Waals surface area (Å²) < 4.78 is 0. The molecular weight excluding hydrogens is 262 g/mol. The molecule has 0 bridgehead atoms. The van der Waals surface area contributed by atoms with Gasteiger partial charge in [0.25, 0.3) is 0 Å². The van der Waals surface area contributed by atoms with Gasteiger partial charge < -0.3 is 10.2 Å². The quantitative estimate of drug-likeness (QED) is 0.936. The molecule has 0 spiro atoms. The Kier molecular flexibility index (Phi) is 3.86. The minimum absolute atomic E-state index is 0.223. The van der Waals surface area contributed by atoms with E-state index in [-0.39, 0.29) is 5.91 Å². The fraction of sp³-hybridized carbons (Fsp3) is 0.294. The monoisotopic (exact) mass is 281 g/mol. The van der Waals surface area contributed by atoms with Gasteiger partial charge in [0.2, 0.25) is 5.91 Å². The van der Waals surface area contributed by atoms with E-state index in [0.29, 0.717) is 13.0 Å². The Balaban J connectivity index is 1.70. The highest BCUT2D eigenvalue weighted by atomic mass is 16.2. The summed E-state index contributed by atoms with van der Waals surface area (Å²) in [6.07, 6.45) is 1.62. The lowest BCUT2D eigenvalue weighted by Gasteiger charge is -2.16. The summed E-state index contributed by atoms with van der Waals surface area (Å²) in [7, 11) is 0. The molecule has 1 N–H and O–H groups in total. The molecule has 2 heterocycles. The number of hydrogen-bond acceptors (Lipinski definition) is 3. The predicted octanol–water partition coefficient (Wildman–Crippen LogP) is 3.13. The van der Waals surface area contributed by atoms with Crippen LogP contribution in [0.1, 0.15) is 24.1 Å². The predicted molar refractivity (Wildman–Crippen MR) is 84.3 cm³/mol. The Morgan fingerprint density at radius 3 is 2.86 bits per heavy atom. The number of rotatable bonds is 4. The van der Waals surface area contributed by atoms with E-state index in [1.54, 1.807) is 0 Å². The highest BCUT2D eigenvalue weighted by Gasteiger charge is 2.21. The van der Waals surface area contributed by atoms with Gasteiger partial charge in [-0.2, -0.15) is 0 Å². The van der Waals surface area contributed by atoms with Crippen molar-refractivity contribution in [3.63, 3.8) is 0 Å². The SMILES string of the molecule is Cc1cccc(NCc2cccc(N3CCCC3=O)c2)n1. The average Bonchev–Trinajstić information content (AvgIpc) is 2.92. The Hall–Kier alpha value is -2.36. The van der Waals surface area contributed by atoms with Gasteiger partial charge in [0.1, 0.15) is 5.82 Å². The first-order valence-electron chi connectivity index (χ1n) is 7.29. The van der Waals surface area contributed by atoms with E-state index in [1.807, 2.05) is 42.2 Å². The summed E-state index contributed by atoms with van der Waals surface area (Å²) >= 11 is 0. The van der Waals surface area contributed by atoms with Crippen molar-refractivity contribution in [3.05, 3.63) is 53.7 Å². The molecule has 3 rings (SSSR count). The lowest BCUT2D eigenvalue weighted by molar-refractivity contribution is -0.117. The standard InChI is InChI=1S/C17H19N3O/c1-13-5-2-8-16(19-13)18-12-14-6-3-7-15(11-14)20-10-4-9-17(20)21/h2-3,5-8,11H,4,9-10,12H2,1H3,(H,18,19). The van der Waals surface area contributed by atoms with Crippen LogP contribution in [-0.4, -0.2) is 17.4 Å². The van der Waals surface area contributed by atoms with Crippen molar-refractivity contribution in [2.75, 3.05) is 16.8 Å². The van der Waals surface area contributed by atoms with Crippen LogP contribution in [0.5, 0.6) is 0 Å². The molecule has 0 radical (unpaired) electrons. The number of benzene rings is 1. The molecule has 0 atom stereocenters. The Morgan fingerprint density at radius 1 is 1.24 bits per heavy atom. The molecule has 108 valence electrons. The first-order chi connectivity index (χ1) is 10.2. The van der Waals surface area contributed by atoms with Gasteiger partial charge >= 0.3 is 0 Å². The Labute approximate surface area is 124 Å². The number of anilines is 2. The van der Waals surface area contributed by atoms with E-state index in [4.69, 9.17) is 0 Å². The van der Waals surface area contributed by atoms with E-state index in [2.05, 4.69) is 22.4 Å². The number of carbonyl (C=O) groups is 1. The Morgan fingerprint density at radius 2 is 2.10 bits per heavy atom. The number of aryl methyl sites for hydroxylation is 1. The first-order valence-corrected chi connectivity index (χ1v) is 7.29. The molecule has 1 fully saturated rings. The summed E-state index contributed by atoms with van der Waals surface area (Å²) in [6.45, 7) is 3.51. The average molecular weight is 281 g/mol. The van der Waals surface area contributed by atoms with Crippen LogP contribution in [0.15, 0.2) is 42.5 Å². The number of carbonyl (C=O) groups excluding carboxylic acids is 1. The zero-order valence-electron chi connectivity index (χ0n) is 12.2. The van der Waals surface area contributed by atoms with Crippen molar-refractivity contribution in [3.8, 4) is 0 Å². The summed E-state index contributed by atoms with van der Waals surface area (Å²) in [5.41, 5.74) is 3.14. The van der Waals surface area contributed by atoms with Crippen LogP contribution < -0.4 is 10.2 Å². The van der Waals surface area contributed by atoms with Crippen molar-refractivity contribution in [1.82, 2.24) is 4.98 Å². The maximum atomic E-state index is 11.8. The van der Waals surface area contributed by atoms with Crippen LogP contribution in [-0.2, 0) is 11.3 Å². The van der Waals surface area contributed by atoms with E-state index in [0.717, 1.165) is 35.7 Å². The molecule has 0 saturated carbocycles. The minimum Gasteiger partial charge on any atom is -0.366 e. The number of pyridine rings is 1. The molecule has 2 aromatic rings. The second-order valence-electron chi connectivity index (χ2n) is 5.34. The van der Waals surface area contributed by atoms with Crippen LogP contribution in [0.25, 0.3) is 0 Å². The fourth-order valence-corrected chi connectivity index (χ4v) is 2.59. The van der Waals surface area contributed by atoms with E-state index in [1.165, 1.54) is 0 Å². The number of nitrogens with zero attached hydrogens (tertiary/aromatic N) is 2. The maximum Gasteiger partial charge on any atom is 0.227 e. The van der Waals surface area contributed by atoms with Crippen LogP contribution >= 0.6 is 0 Å². The normalized spacial score (nSPS) is 14.5. The van der Waals surface area contributed by atoms with Gasteiger partial charge in [0.15, 0.2) is 0 Å². The molecule has 0 aliphatic carbocycles. The smallest absolute Gasteiger partial charge is 0.227 e. The number of aromatic nitrogens is 1.